The summed E-state index contributed by atoms with van der Waals surface area (Å²) in [7, 11) is -3.32. The van der Waals surface area contributed by atoms with E-state index < -0.39 is 10.2 Å². The maximum atomic E-state index is 12.2. The molecular formula is C12H26ClN3O2S. The van der Waals surface area contributed by atoms with Crippen molar-refractivity contribution >= 4 is 22.6 Å². The number of nitrogens with zero attached hydrogens (tertiary/aromatic N) is 1. The topological polar surface area (TPSA) is 75.4 Å². The van der Waals surface area contributed by atoms with Crippen LogP contribution in [0.15, 0.2) is 0 Å². The van der Waals surface area contributed by atoms with E-state index in [-0.39, 0.29) is 18.4 Å². The summed E-state index contributed by atoms with van der Waals surface area (Å²) in [6.45, 7) is 1.70. The first-order valence-electron chi connectivity index (χ1n) is 7.11. The van der Waals surface area contributed by atoms with E-state index in [1.165, 1.54) is 19.3 Å². The van der Waals surface area contributed by atoms with Crippen LogP contribution in [-0.2, 0) is 10.2 Å². The van der Waals surface area contributed by atoms with Crippen molar-refractivity contribution in [3.8, 4) is 0 Å². The van der Waals surface area contributed by atoms with Crippen molar-refractivity contribution in [2.75, 3.05) is 19.6 Å². The molecule has 2 fully saturated rings. The zero-order valence-electron chi connectivity index (χ0n) is 11.4. The van der Waals surface area contributed by atoms with Crippen molar-refractivity contribution < 1.29 is 8.42 Å². The van der Waals surface area contributed by atoms with Crippen LogP contribution in [0.25, 0.3) is 0 Å². The van der Waals surface area contributed by atoms with E-state index in [1.807, 2.05) is 0 Å². The van der Waals surface area contributed by atoms with Gasteiger partial charge in [0.1, 0.15) is 0 Å². The minimum atomic E-state index is -3.32. The van der Waals surface area contributed by atoms with Crippen LogP contribution < -0.4 is 10.5 Å². The van der Waals surface area contributed by atoms with E-state index in [9.17, 15) is 8.42 Å². The molecule has 7 heteroatoms. The normalized spacial score (nSPS) is 24.1. The van der Waals surface area contributed by atoms with Crippen LogP contribution in [0.1, 0.15) is 44.9 Å². The molecule has 0 aromatic carbocycles. The Balaban J connectivity index is 0.00000180. The third kappa shape index (κ3) is 4.56. The monoisotopic (exact) mass is 311 g/mol. The van der Waals surface area contributed by atoms with E-state index in [0.29, 0.717) is 25.6 Å². The molecule has 1 saturated carbocycles. The van der Waals surface area contributed by atoms with Crippen LogP contribution in [0.3, 0.4) is 0 Å². The average molecular weight is 312 g/mol. The van der Waals surface area contributed by atoms with E-state index in [0.717, 1.165) is 25.7 Å². The van der Waals surface area contributed by atoms with Crippen LogP contribution in [-0.4, -0.2) is 38.4 Å². The number of nitrogens with one attached hydrogen (secondary N) is 1. The van der Waals surface area contributed by atoms with Gasteiger partial charge in [-0.3, -0.25) is 0 Å². The lowest BCUT2D eigenvalue weighted by molar-refractivity contribution is 0.290. The summed E-state index contributed by atoms with van der Waals surface area (Å²) in [5.41, 5.74) is 5.76. The summed E-state index contributed by atoms with van der Waals surface area (Å²) in [6, 6.07) is -0.0871. The largest absolute Gasteiger partial charge is 0.329 e. The Morgan fingerprint density at radius 1 is 1.11 bits per heavy atom. The van der Waals surface area contributed by atoms with Gasteiger partial charge in [-0.25, -0.2) is 0 Å². The summed E-state index contributed by atoms with van der Waals surface area (Å²) in [4.78, 5) is 0. The van der Waals surface area contributed by atoms with Gasteiger partial charge in [0.05, 0.1) is 0 Å². The van der Waals surface area contributed by atoms with Crippen LogP contribution in [0.2, 0.25) is 0 Å². The van der Waals surface area contributed by atoms with Gasteiger partial charge in [-0.15, -0.1) is 12.4 Å². The van der Waals surface area contributed by atoms with Crippen molar-refractivity contribution in [3.05, 3.63) is 0 Å². The summed E-state index contributed by atoms with van der Waals surface area (Å²) >= 11 is 0. The van der Waals surface area contributed by atoms with E-state index in [2.05, 4.69) is 4.72 Å². The number of hydrogen-bond acceptors (Lipinski definition) is 3. The molecule has 1 unspecified atom stereocenters. The molecular weight excluding hydrogens is 286 g/mol. The Bertz CT molecular complexity index is 352. The van der Waals surface area contributed by atoms with E-state index in [1.54, 1.807) is 4.31 Å². The predicted molar refractivity (Wildman–Crippen MR) is 79.5 cm³/mol. The number of halogens is 1. The van der Waals surface area contributed by atoms with Crippen molar-refractivity contribution in [2.24, 2.45) is 11.7 Å². The van der Waals surface area contributed by atoms with E-state index >= 15 is 0 Å². The Kier molecular flexibility index (Phi) is 7.04. The molecule has 1 saturated heterocycles. The molecule has 3 N–H and O–H groups in total. The molecule has 0 radical (unpaired) electrons. The molecule has 114 valence electrons. The second-order valence-corrected chi connectivity index (χ2v) is 7.17. The fourth-order valence-corrected chi connectivity index (χ4v) is 4.63. The van der Waals surface area contributed by atoms with Gasteiger partial charge in [0.15, 0.2) is 0 Å². The molecule has 0 aromatic heterocycles. The molecule has 1 aliphatic heterocycles. The highest BCUT2D eigenvalue weighted by molar-refractivity contribution is 7.87. The molecule has 2 rings (SSSR count). The van der Waals surface area contributed by atoms with Gasteiger partial charge in [-0.1, -0.05) is 19.3 Å². The minimum absolute atomic E-state index is 0. The SMILES string of the molecule is Cl.NCC(NS(=O)(=O)N1CCCC1)C1CCCCC1. The molecule has 0 amide bonds. The zero-order chi connectivity index (χ0) is 13.0. The van der Waals surface area contributed by atoms with Crippen LogP contribution in [0.4, 0.5) is 0 Å². The second-order valence-electron chi connectivity index (χ2n) is 5.47. The van der Waals surface area contributed by atoms with Gasteiger partial charge in [-0.05, 0) is 31.6 Å². The molecule has 2 aliphatic rings. The maximum absolute atomic E-state index is 12.2. The lowest BCUT2D eigenvalue weighted by Gasteiger charge is -2.31. The highest BCUT2D eigenvalue weighted by Crippen LogP contribution is 2.27. The molecule has 5 nitrogen and oxygen atoms in total. The Morgan fingerprint density at radius 2 is 1.68 bits per heavy atom. The van der Waals surface area contributed by atoms with Crippen molar-refractivity contribution in [2.45, 2.75) is 51.0 Å². The first-order valence-corrected chi connectivity index (χ1v) is 8.55. The van der Waals surface area contributed by atoms with Crippen molar-refractivity contribution in [1.29, 1.82) is 0 Å². The second kappa shape index (κ2) is 7.78. The van der Waals surface area contributed by atoms with E-state index in [4.69, 9.17) is 5.73 Å². The van der Waals surface area contributed by atoms with Crippen LogP contribution in [0, 0.1) is 5.92 Å². The molecule has 0 spiro atoms. The lowest BCUT2D eigenvalue weighted by atomic mass is 9.84. The van der Waals surface area contributed by atoms with Crippen LogP contribution >= 0.6 is 12.4 Å². The summed E-state index contributed by atoms with van der Waals surface area (Å²) < 4.78 is 28.8. The smallest absolute Gasteiger partial charge is 0.279 e. The fourth-order valence-electron chi connectivity index (χ4n) is 3.07. The molecule has 1 aliphatic carbocycles. The third-order valence-corrected chi connectivity index (χ3v) is 5.82. The Labute approximate surface area is 122 Å². The van der Waals surface area contributed by atoms with Gasteiger partial charge >= 0.3 is 0 Å². The van der Waals surface area contributed by atoms with Crippen molar-refractivity contribution in [1.82, 2.24) is 9.03 Å². The standard InChI is InChI=1S/C12H25N3O2S.ClH/c13-10-12(11-6-2-1-3-7-11)14-18(16,17)15-8-4-5-9-15;/h11-12,14H,1-10,13H2;1H. The lowest BCUT2D eigenvalue weighted by Crippen LogP contribution is -2.50. The molecule has 1 atom stereocenters. The highest BCUT2D eigenvalue weighted by Gasteiger charge is 2.31. The van der Waals surface area contributed by atoms with Gasteiger partial charge in [0, 0.05) is 25.7 Å². The summed E-state index contributed by atoms with van der Waals surface area (Å²) in [5.74, 6) is 0.418. The quantitative estimate of drug-likeness (QED) is 0.802. The first kappa shape index (κ1) is 17.2. The molecule has 19 heavy (non-hydrogen) atoms. The molecule has 0 bridgehead atoms. The van der Waals surface area contributed by atoms with Gasteiger partial charge in [0.2, 0.25) is 0 Å². The average Bonchev–Trinajstić information content (AvgIpc) is 2.92. The predicted octanol–water partition coefficient (Wildman–Crippen LogP) is 1.25. The number of rotatable bonds is 5. The first-order chi connectivity index (χ1) is 8.63. The molecule has 1 heterocycles. The number of hydrogen-bond donors (Lipinski definition) is 2. The van der Waals surface area contributed by atoms with Gasteiger partial charge < -0.3 is 5.73 Å². The van der Waals surface area contributed by atoms with Gasteiger partial charge in [-0.2, -0.15) is 17.4 Å². The molecule has 0 aromatic rings. The third-order valence-electron chi connectivity index (χ3n) is 4.18. The minimum Gasteiger partial charge on any atom is -0.329 e. The fraction of sp³-hybridized carbons (Fsp3) is 1.00. The summed E-state index contributed by atoms with van der Waals surface area (Å²) in [5, 5.41) is 0. The number of nitrogens with two attached hydrogens (primary N) is 1. The van der Waals surface area contributed by atoms with Crippen molar-refractivity contribution in [3.63, 3.8) is 0 Å². The maximum Gasteiger partial charge on any atom is 0.279 e. The van der Waals surface area contributed by atoms with Gasteiger partial charge in [0.25, 0.3) is 10.2 Å². The highest BCUT2D eigenvalue weighted by atomic mass is 35.5. The Hall–Kier alpha value is 0.120. The Morgan fingerprint density at radius 3 is 2.21 bits per heavy atom. The summed E-state index contributed by atoms with van der Waals surface area (Å²) in [6.07, 6.45) is 7.82. The van der Waals surface area contributed by atoms with Crippen LogP contribution in [0.5, 0.6) is 0 Å². The zero-order valence-corrected chi connectivity index (χ0v) is 13.0.